The number of amides is 2. The van der Waals surface area contributed by atoms with E-state index < -0.39 is 47.2 Å². The summed E-state index contributed by atoms with van der Waals surface area (Å²) in [5, 5.41) is 16.5. The number of piperazine rings is 1. The smallest absolute Gasteiger partial charge is 0.408 e. The van der Waals surface area contributed by atoms with Crippen LogP contribution in [0.25, 0.3) is 33.3 Å². The summed E-state index contributed by atoms with van der Waals surface area (Å²) in [4.78, 5) is 61.8. The van der Waals surface area contributed by atoms with Crippen molar-refractivity contribution in [3.8, 4) is 22.4 Å². The Morgan fingerprint density at radius 1 is 0.955 bits per heavy atom. The number of nitrogens with zero attached hydrogens (tertiary/aromatic N) is 5. The fraction of sp³-hybridized carbons (Fsp3) is 0.549. The molecule has 356 valence electrons. The zero-order chi connectivity index (χ0) is 47.5. The van der Waals surface area contributed by atoms with Gasteiger partial charge in [-0.1, -0.05) is 44.2 Å². The Morgan fingerprint density at radius 2 is 1.68 bits per heavy atom. The standard InChI is InChI=1S/C51H69N7O8/c1-10-57-44-19-16-36(35-14-11-13-34(25-35)26-43(53-49(63)66-50(4,5)6)47(61)58-20-12-15-42(54-58)48(62)64-9)27-39(44)41(29-51(7,8)31-65-33(3)60)46(57)40-28-38(30-52-45(40)32(2)59)56-23-21-55(22-24-56)37-17-18-37/h11,13-14,16,19,25,27-28,30,32,37,42-43,54,59H,10,12,15,17-18,20-24,26,29,31H2,1-9H3,(H,53,63)/t32-,42-,43-/m0/s1. The molecule has 3 atom stereocenters. The molecule has 0 radical (unpaired) electrons. The van der Waals surface area contributed by atoms with Crippen molar-refractivity contribution in [3.63, 3.8) is 0 Å². The van der Waals surface area contributed by atoms with Gasteiger partial charge in [0.1, 0.15) is 17.7 Å². The lowest BCUT2D eigenvalue weighted by molar-refractivity contribution is -0.150. The minimum Gasteiger partial charge on any atom is -0.468 e. The molecular formula is C51H69N7O8. The molecule has 4 heterocycles. The zero-order valence-corrected chi connectivity index (χ0v) is 40.2. The van der Waals surface area contributed by atoms with Crippen LogP contribution >= 0.6 is 0 Å². The molecular weight excluding hydrogens is 839 g/mol. The molecule has 2 aromatic carbocycles. The summed E-state index contributed by atoms with van der Waals surface area (Å²) in [7, 11) is 1.32. The molecule has 3 fully saturated rings. The van der Waals surface area contributed by atoms with Crippen LogP contribution in [0.4, 0.5) is 10.5 Å². The number of hydrazine groups is 1. The van der Waals surface area contributed by atoms with Gasteiger partial charge in [0.25, 0.3) is 5.91 Å². The monoisotopic (exact) mass is 908 g/mol. The van der Waals surface area contributed by atoms with Crippen molar-refractivity contribution in [1.29, 1.82) is 0 Å². The van der Waals surface area contributed by atoms with Crippen molar-refractivity contribution < 1.29 is 38.5 Å². The largest absolute Gasteiger partial charge is 0.468 e. The Morgan fingerprint density at radius 3 is 2.33 bits per heavy atom. The van der Waals surface area contributed by atoms with Crippen LogP contribution in [0.1, 0.15) is 104 Å². The van der Waals surface area contributed by atoms with Gasteiger partial charge in [-0.05, 0) is 107 Å². The zero-order valence-electron chi connectivity index (χ0n) is 40.2. The normalized spacial score (nSPS) is 18.2. The highest BCUT2D eigenvalue weighted by atomic mass is 16.6. The highest BCUT2D eigenvalue weighted by molar-refractivity contribution is 5.96. The van der Waals surface area contributed by atoms with Crippen LogP contribution in [-0.2, 0) is 48.0 Å². The van der Waals surface area contributed by atoms with E-state index in [2.05, 4.69) is 70.1 Å². The van der Waals surface area contributed by atoms with Crippen LogP contribution in [0.15, 0.2) is 54.7 Å². The maximum absolute atomic E-state index is 14.2. The van der Waals surface area contributed by atoms with Gasteiger partial charge in [0, 0.05) is 80.5 Å². The van der Waals surface area contributed by atoms with E-state index in [0.29, 0.717) is 38.0 Å². The topological polar surface area (TPSA) is 168 Å². The number of hydrogen-bond donors (Lipinski definition) is 3. The Labute approximate surface area is 389 Å². The number of esters is 2. The summed E-state index contributed by atoms with van der Waals surface area (Å²) in [6.45, 7) is 19.9. The summed E-state index contributed by atoms with van der Waals surface area (Å²) >= 11 is 0. The van der Waals surface area contributed by atoms with Crippen molar-refractivity contribution in [1.82, 2.24) is 30.2 Å². The quantitative estimate of drug-likeness (QED) is 0.0830. The summed E-state index contributed by atoms with van der Waals surface area (Å²) in [6, 6.07) is 15.6. The first-order valence-electron chi connectivity index (χ1n) is 23.5. The van der Waals surface area contributed by atoms with Gasteiger partial charge in [0.2, 0.25) is 0 Å². The maximum Gasteiger partial charge on any atom is 0.408 e. The summed E-state index contributed by atoms with van der Waals surface area (Å²) in [6.07, 6.45) is 4.74. The number of pyridine rings is 1. The van der Waals surface area contributed by atoms with E-state index in [1.165, 1.54) is 31.9 Å². The predicted octanol–water partition coefficient (Wildman–Crippen LogP) is 6.96. The molecule has 1 saturated carbocycles. The van der Waals surface area contributed by atoms with Crippen LogP contribution in [-0.4, -0.2) is 119 Å². The van der Waals surface area contributed by atoms with Crippen LogP contribution in [0, 0.1) is 5.41 Å². The predicted molar refractivity (Wildman–Crippen MR) is 255 cm³/mol. The Hall–Kier alpha value is -5.51. The number of hydrogen-bond acceptors (Lipinski definition) is 12. The number of aliphatic hydroxyl groups is 1. The number of nitrogens with one attached hydrogen (secondary N) is 2. The Kier molecular flexibility index (Phi) is 14.8. The molecule has 4 aromatic rings. The first kappa shape index (κ1) is 48.4. The number of anilines is 1. The number of methoxy groups -OCH3 is 1. The molecule has 2 aliphatic heterocycles. The number of aliphatic hydroxyl groups excluding tert-OH is 1. The molecule has 15 nitrogen and oxygen atoms in total. The maximum atomic E-state index is 14.2. The van der Waals surface area contributed by atoms with E-state index in [0.717, 1.165) is 82.3 Å². The Bertz CT molecular complexity index is 2410. The first-order chi connectivity index (χ1) is 31.3. The van der Waals surface area contributed by atoms with Gasteiger partial charge in [0.05, 0.1) is 43.1 Å². The number of ether oxygens (including phenoxy) is 3. The number of fused-ring (bicyclic) bond motifs is 1. The molecule has 0 spiro atoms. The lowest BCUT2D eigenvalue weighted by Gasteiger charge is -2.36. The van der Waals surface area contributed by atoms with Gasteiger partial charge in [-0.3, -0.25) is 29.3 Å². The lowest BCUT2D eigenvalue weighted by Crippen LogP contribution is -2.60. The number of carbonyl (C=O) groups is 4. The Balaban J connectivity index is 1.28. The second-order valence-corrected chi connectivity index (χ2v) is 19.9. The second kappa shape index (κ2) is 20.2. The van der Waals surface area contributed by atoms with Gasteiger partial charge < -0.3 is 34.1 Å². The molecule has 15 heteroatoms. The molecule has 2 saturated heterocycles. The van der Waals surface area contributed by atoms with Crippen molar-refractivity contribution in [2.75, 3.05) is 51.3 Å². The van der Waals surface area contributed by atoms with Crippen LogP contribution in [0.5, 0.6) is 0 Å². The van der Waals surface area contributed by atoms with Crippen molar-refractivity contribution in [3.05, 3.63) is 71.5 Å². The van der Waals surface area contributed by atoms with Gasteiger partial charge in [0.15, 0.2) is 0 Å². The molecule has 2 aromatic heterocycles. The van der Waals surface area contributed by atoms with Crippen LogP contribution in [0.2, 0.25) is 0 Å². The van der Waals surface area contributed by atoms with Crippen molar-refractivity contribution in [2.45, 2.75) is 130 Å². The minimum absolute atomic E-state index is 0.155. The van der Waals surface area contributed by atoms with E-state index in [4.69, 9.17) is 19.2 Å². The number of rotatable bonds is 15. The third kappa shape index (κ3) is 11.5. The first-order valence-corrected chi connectivity index (χ1v) is 23.5. The number of alkyl carbamates (subject to hydrolysis) is 1. The molecule has 1 aliphatic carbocycles. The highest BCUT2D eigenvalue weighted by Crippen LogP contribution is 2.43. The van der Waals surface area contributed by atoms with Crippen LogP contribution < -0.4 is 15.6 Å². The molecule has 3 aliphatic rings. The fourth-order valence-corrected chi connectivity index (χ4v) is 9.40. The third-order valence-electron chi connectivity index (χ3n) is 12.7. The average molecular weight is 908 g/mol. The van der Waals surface area contributed by atoms with E-state index >= 15 is 0 Å². The van der Waals surface area contributed by atoms with Gasteiger partial charge in [-0.25, -0.2) is 10.2 Å². The van der Waals surface area contributed by atoms with E-state index in [1.807, 2.05) is 30.5 Å². The van der Waals surface area contributed by atoms with Crippen molar-refractivity contribution >= 4 is 40.5 Å². The van der Waals surface area contributed by atoms with E-state index in [1.54, 1.807) is 27.7 Å². The molecule has 0 bridgehead atoms. The summed E-state index contributed by atoms with van der Waals surface area (Å²) < 4.78 is 18.5. The van der Waals surface area contributed by atoms with E-state index in [-0.39, 0.29) is 19.0 Å². The SMILES string of the molecule is CCn1c(-c2cc(N3CCN(C4CC4)CC3)cnc2[C@H](C)O)c(CC(C)(C)COC(C)=O)c2cc(-c3cccc(C[C@H](NC(=O)OC(C)(C)C)C(=O)N4CCC[C@@H](C(=O)OC)N4)c3)ccc21. The lowest BCUT2D eigenvalue weighted by atomic mass is 9.84. The molecule has 0 unspecified atom stereocenters. The number of carbonyl (C=O) groups excluding carboxylic acids is 4. The highest BCUT2D eigenvalue weighted by Gasteiger charge is 2.35. The summed E-state index contributed by atoms with van der Waals surface area (Å²) in [5.74, 6) is -1.19. The average Bonchev–Trinajstić information content (AvgIpc) is 4.10. The molecule has 7 rings (SSSR count). The third-order valence-corrected chi connectivity index (χ3v) is 12.7. The van der Waals surface area contributed by atoms with Gasteiger partial charge in [-0.2, -0.15) is 0 Å². The summed E-state index contributed by atoms with van der Waals surface area (Å²) in [5.41, 5.74) is 10.00. The molecule has 3 N–H and O–H groups in total. The molecule has 66 heavy (non-hydrogen) atoms. The molecule has 2 amide bonds. The number of aromatic nitrogens is 2. The van der Waals surface area contributed by atoms with Gasteiger partial charge >= 0.3 is 18.0 Å². The van der Waals surface area contributed by atoms with Gasteiger partial charge in [-0.15, -0.1) is 0 Å². The van der Waals surface area contributed by atoms with E-state index in [9.17, 15) is 24.3 Å². The van der Waals surface area contributed by atoms with Crippen molar-refractivity contribution in [2.24, 2.45) is 5.41 Å². The minimum atomic E-state index is -1.01. The second-order valence-electron chi connectivity index (χ2n) is 19.9. The number of benzene rings is 2. The number of aryl methyl sites for hydroxylation is 1. The fourth-order valence-electron chi connectivity index (χ4n) is 9.40. The van der Waals surface area contributed by atoms with Crippen LogP contribution in [0.3, 0.4) is 0 Å².